The van der Waals surface area contributed by atoms with Crippen LogP contribution >= 0.6 is 15.9 Å². The van der Waals surface area contributed by atoms with Crippen LogP contribution in [0.1, 0.15) is 20.3 Å². The quantitative estimate of drug-likeness (QED) is 0.476. The molecule has 0 aliphatic heterocycles. The minimum absolute atomic E-state index is 0.627. The lowest BCUT2D eigenvalue weighted by molar-refractivity contribution is 0.316. The van der Waals surface area contributed by atoms with E-state index < -0.39 is 0 Å². The third-order valence-electron chi connectivity index (χ3n) is 3.57. The summed E-state index contributed by atoms with van der Waals surface area (Å²) in [6.07, 6.45) is 0.928. The number of benzene rings is 1. The Morgan fingerprint density at radius 3 is 2.65 bits per heavy atom. The number of aromatic nitrogens is 1. The molecule has 1 aromatic carbocycles. The highest BCUT2D eigenvalue weighted by Crippen LogP contribution is 2.35. The fourth-order valence-electron chi connectivity index (χ4n) is 2.28. The van der Waals surface area contributed by atoms with Gasteiger partial charge in [-0.25, -0.2) is 0 Å². The fourth-order valence-corrected chi connectivity index (χ4v) is 2.51. The minimum Gasteiger partial charge on any atom is -0.497 e. The van der Waals surface area contributed by atoms with Gasteiger partial charge in [-0.05, 0) is 32.4 Å². The van der Waals surface area contributed by atoms with E-state index in [4.69, 9.17) is 14.0 Å². The summed E-state index contributed by atoms with van der Waals surface area (Å²) in [5.41, 5.74) is 0.881. The standard InChI is InChI=1S/C17H23BrN2O3/c1-4-20(5-2)17-12-16(23-19-17)14-8-7-13(21-3)11-15(14)22-10-6-9-18/h7-8,11-12H,4-6,9-10H2,1-3H3. The number of rotatable bonds is 9. The minimum atomic E-state index is 0.627. The highest BCUT2D eigenvalue weighted by Gasteiger charge is 2.15. The molecule has 0 radical (unpaired) electrons. The molecule has 0 bridgehead atoms. The Morgan fingerprint density at radius 2 is 2.00 bits per heavy atom. The first-order valence-corrected chi connectivity index (χ1v) is 8.94. The summed E-state index contributed by atoms with van der Waals surface area (Å²) in [5, 5.41) is 5.07. The summed E-state index contributed by atoms with van der Waals surface area (Å²) in [6, 6.07) is 7.66. The third-order valence-corrected chi connectivity index (χ3v) is 4.14. The third kappa shape index (κ3) is 4.41. The second kappa shape index (κ2) is 8.82. The normalized spacial score (nSPS) is 10.6. The Kier molecular flexibility index (Phi) is 6.77. The predicted octanol–water partition coefficient (Wildman–Crippen LogP) is 4.36. The molecule has 0 unspecified atom stereocenters. The molecule has 0 aliphatic carbocycles. The van der Waals surface area contributed by atoms with Crippen molar-refractivity contribution >= 4 is 21.7 Å². The number of hydrogen-bond acceptors (Lipinski definition) is 5. The van der Waals surface area contributed by atoms with Crippen molar-refractivity contribution in [1.82, 2.24) is 5.16 Å². The Bertz CT molecular complexity index is 612. The van der Waals surface area contributed by atoms with Gasteiger partial charge in [0.15, 0.2) is 11.6 Å². The summed E-state index contributed by atoms with van der Waals surface area (Å²) in [7, 11) is 1.64. The Hall–Kier alpha value is -1.69. The van der Waals surface area contributed by atoms with E-state index in [0.29, 0.717) is 12.4 Å². The molecule has 5 nitrogen and oxygen atoms in total. The molecule has 0 aliphatic rings. The molecule has 2 rings (SSSR count). The van der Waals surface area contributed by atoms with Gasteiger partial charge in [0, 0.05) is 30.6 Å². The lowest BCUT2D eigenvalue weighted by Gasteiger charge is -2.15. The monoisotopic (exact) mass is 382 g/mol. The molecular weight excluding hydrogens is 360 g/mol. The van der Waals surface area contributed by atoms with E-state index in [9.17, 15) is 0 Å². The van der Waals surface area contributed by atoms with Crippen LogP contribution in [0.3, 0.4) is 0 Å². The summed E-state index contributed by atoms with van der Waals surface area (Å²) < 4.78 is 16.7. The summed E-state index contributed by atoms with van der Waals surface area (Å²) in [4.78, 5) is 2.14. The van der Waals surface area contributed by atoms with Gasteiger partial charge in [0.05, 0.1) is 19.3 Å². The Labute approximate surface area is 145 Å². The van der Waals surface area contributed by atoms with Crippen LogP contribution in [0.5, 0.6) is 11.5 Å². The van der Waals surface area contributed by atoms with E-state index in [-0.39, 0.29) is 0 Å². The van der Waals surface area contributed by atoms with E-state index in [1.54, 1.807) is 7.11 Å². The summed E-state index contributed by atoms with van der Waals surface area (Å²) in [5.74, 6) is 3.04. The number of ether oxygens (including phenoxy) is 2. The van der Waals surface area contributed by atoms with Crippen LogP contribution in [-0.4, -0.2) is 37.3 Å². The second-order valence-corrected chi connectivity index (χ2v) is 5.77. The summed E-state index contributed by atoms with van der Waals surface area (Å²) >= 11 is 3.41. The molecule has 2 aromatic rings. The van der Waals surface area contributed by atoms with Crippen LogP contribution in [0.15, 0.2) is 28.8 Å². The maximum atomic E-state index is 5.89. The van der Waals surface area contributed by atoms with Crippen LogP contribution in [0.2, 0.25) is 0 Å². The molecule has 1 heterocycles. The van der Waals surface area contributed by atoms with Crippen LogP contribution in [-0.2, 0) is 0 Å². The number of alkyl halides is 1. The molecule has 0 spiro atoms. The van der Waals surface area contributed by atoms with Gasteiger partial charge in [-0.15, -0.1) is 0 Å². The van der Waals surface area contributed by atoms with E-state index in [2.05, 4.69) is 39.8 Å². The van der Waals surface area contributed by atoms with E-state index in [0.717, 1.165) is 47.7 Å². The van der Waals surface area contributed by atoms with Crippen molar-refractivity contribution in [3.05, 3.63) is 24.3 Å². The van der Waals surface area contributed by atoms with Gasteiger partial charge in [-0.2, -0.15) is 0 Å². The van der Waals surface area contributed by atoms with Gasteiger partial charge in [0.1, 0.15) is 11.5 Å². The van der Waals surface area contributed by atoms with Gasteiger partial charge >= 0.3 is 0 Å². The van der Waals surface area contributed by atoms with Gasteiger partial charge < -0.3 is 18.9 Å². The highest BCUT2D eigenvalue weighted by atomic mass is 79.9. The van der Waals surface area contributed by atoms with Gasteiger partial charge in [0.2, 0.25) is 0 Å². The molecule has 0 saturated heterocycles. The van der Waals surface area contributed by atoms with Crippen molar-refractivity contribution < 1.29 is 14.0 Å². The average molecular weight is 383 g/mol. The topological polar surface area (TPSA) is 47.7 Å². The van der Waals surface area contributed by atoms with Crippen molar-refractivity contribution in [3.8, 4) is 22.8 Å². The van der Waals surface area contributed by atoms with E-state index in [1.807, 2.05) is 24.3 Å². The molecule has 0 amide bonds. The lowest BCUT2D eigenvalue weighted by Crippen LogP contribution is -2.21. The van der Waals surface area contributed by atoms with Gasteiger partial charge in [-0.3, -0.25) is 0 Å². The lowest BCUT2D eigenvalue weighted by atomic mass is 10.1. The Morgan fingerprint density at radius 1 is 1.22 bits per heavy atom. The zero-order chi connectivity index (χ0) is 16.7. The Balaban J connectivity index is 2.30. The molecular formula is C17H23BrN2O3. The average Bonchev–Trinajstić information content (AvgIpc) is 3.05. The van der Waals surface area contributed by atoms with Crippen LogP contribution in [0, 0.1) is 0 Å². The van der Waals surface area contributed by atoms with Crippen molar-refractivity contribution in [1.29, 1.82) is 0 Å². The first kappa shape index (κ1) is 17.7. The fraction of sp³-hybridized carbons (Fsp3) is 0.471. The zero-order valence-corrected chi connectivity index (χ0v) is 15.4. The number of hydrogen-bond donors (Lipinski definition) is 0. The van der Waals surface area contributed by atoms with E-state index >= 15 is 0 Å². The van der Waals surface area contributed by atoms with Crippen molar-refractivity contribution in [2.45, 2.75) is 20.3 Å². The number of methoxy groups -OCH3 is 1. The summed E-state index contributed by atoms with van der Waals surface area (Å²) in [6.45, 7) is 6.60. The van der Waals surface area contributed by atoms with Crippen molar-refractivity contribution in [3.63, 3.8) is 0 Å². The largest absolute Gasteiger partial charge is 0.497 e. The zero-order valence-electron chi connectivity index (χ0n) is 13.8. The van der Waals surface area contributed by atoms with Crippen molar-refractivity contribution in [2.24, 2.45) is 0 Å². The molecule has 1 aromatic heterocycles. The van der Waals surface area contributed by atoms with Crippen LogP contribution in [0.4, 0.5) is 5.82 Å². The van der Waals surface area contributed by atoms with Crippen molar-refractivity contribution in [2.75, 3.05) is 37.0 Å². The van der Waals surface area contributed by atoms with Crippen LogP contribution < -0.4 is 14.4 Å². The number of anilines is 1. The maximum absolute atomic E-state index is 5.89. The predicted molar refractivity (Wildman–Crippen MR) is 96.0 cm³/mol. The van der Waals surface area contributed by atoms with Crippen LogP contribution in [0.25, 0.3) is 11.3 Å². The second-order valence-electron chi connectivity index (χ2n) is 4.97. The number of nitrogens with zero attached hydrogens (tertiary/aromatic N) is 2. The molecule has 0 N–H and O–H groups in total. The highest BCUT2D eigenvalue weighted by molar-refractivity contribution is 9.09. The maximum Gasteiger partial charge on any atom is 0.172 e. The van der Waals surface area contributed by atoms with Gasteiger partial charge in [-0.1, -0.05) is 21.1 Å². The first-order valence-electron chi connectivity index (χ1n) is 7.82. The SMILES string of the molecule is CCN(CC)c1cc(-c2ccc(OC)cc2OCCCBr)on1. The molecule has 6 heteroatoms. The van der Waals surface area contributed by atoms with E-state index in [1.165, 1.54) is 0 Å². The molecule has 0 atom stereocenters. The molecule has 126 valence electrons. The first-order chi connectivity index (χ1) is 11.2. The molecule has 23 heavy (non-hydrogen) atoms. The van der Waals surface area contributed by atoms with Gasteiger partial charge in [0.25, 0.3) is 0 Å². The number of halogens is 1. The molecule has 0 fully saturated rings. The smallest absolute Gasteiger partial charge is 0.172 e. The molecule has 0 saturated carbocycles.